The number of ether oxygens (including phenoxy) is 5. The van der Waals surface area contributed by atoms with Gasteiger partial charge in [-0.3, -0.25) is 9.36 Å². The Kier molecular flexibility index (Phi) is 6.40. The number of morpholine rings is 1. The lowest BCUT2D eigenvalue weighted by atomic mass is 9.97. The molecule has 3 aliphatic rings. The van der Waals surface area contributed by atoms with Gasteiger partial charge in [0, 0.05) is 25.2 Å². The van der Waals surface area contributed by atoms with Crippen LogP contribution in [0.3, 0.4) is 0 Å². The van der Waals surface area contributed by atoms with Crippen LogP contribution in [0.15, 0.2) is 53.5 Å². The quantitative estimate of drug-likeness (QED) is 0.501. The number of benzene rings is 2. The van der Waals surface area contributed by atoms with Gasteiger partial charge in [0.1, 0.15) is 19.0 Å². The summed E-state index contributed by atoms with van der Waals surface area (Å²) in [5.74, 6) is 2.44. The van der Waals surface area contributed by atoms with E-state index in [2.05, 4.69) is 4.98 Å². The minimum absolute atomic E-state index is 0.0281. The average molecular weight is 506 g/mol. The first-order valence-electron chi connectivity index (χ1n) is 12.4. The van der Waals surface area contributed by atoms with E-state index in [0.717, 1.165) is 11.1 Å². The minimum atomic E-state index is -0.324. The van der Waals surface area contributed by atoms with E-state index >= 15 is 0 Å². The Bertz CT molecular complexity index is 1370. The molecule has 1 atom stereocenters. The topological polar surface area (TPSA) is 101 Å². The highest BCUT2D eigenvalue weighted by molar-refractivity contribution is 5.78. The smallest absolute Gasteiger partial charge is 0.348 e. The van der Waals surface area contributed by atoms with Gasteiger partial charge in [-0.1, -0.05) is 12.1 Å². The molecule has 1 amide bonds. The van der Waals surface area contributed by atoms with E-state index in [9.17, 15) is 9.59 Å². The van der Waals surface area contributed by atoms with Gasteiger partial charge in [0.15, 0.2) is 30.0 Å². The first-order chi connectivity index (χ1) is 18.2. The number of fused-ring (bicyclic) bond motifs is 4. The van der Waals surface area contributed by atoms with Gasteiger partial charge in [-0.25, -0.2) is 4.79 Å². The molecule has 0 radical (unpaired) electrons. The number of carbonyl (C=O) groups excluding carboxylic acids is 1. The average Bonchev–Trinajstić information content (AvgIpc) is 2.95. The summed E-state index contributed by atoms with van der Waals surface area (Å²) in [6.07, 6.45) is 1.80. The Morgan fingerprint density at radius 2 is 1.89 bits per heavy atom. The molecule has 10 nitrogen and oxygen atoms in total. The number of hydrogen-bond donors (Lipinski definition) is 0. The van der Waals surface area contributed by atoms with Crippen molar-refractivity contribution in [2.24, 2.45) is 0 Å². The molecule has 2 aromatic carbocycles. The van der Waals surface area contributed by atoms with Crippen LogP contribution < -0.4 is 24.6 Å². The molecule has 3 aromatic rings. The molecule has 4 heterocycles. The second-order valence-electron chi connectivity index (χ2n) is 9.06. The summed E-state index contributed by atoms with van der Waals surface area (Å²) in [4.78, 5) is 30.7. The van der Waals surface area contributed by atoms with E-state index in [0.29, 0.717) is 74.6 Å². The van der Waals surface area contributed by atoms with Crippen LogP contribution in [0.4, 0.5) is 0 Å². The molecule has 0 aliphatic carbocycles. The molecule has 6 rings (SSSR count). The molecule has 1 saturated heterocycles. The largest absolute Gasteiger partial charge is 0.486 e. The van der Waals surface area contributed by atoms with E-state index in [1.165, 1.54) is 6.20 Å². The summed E-state index contributed by atoms with van der Waals surface area (Å²) in [5, 5.41) is 0. The summed E-state index contributed by atoms with van der Waals surface area (Å²) >= 11 is 0. The molecule has 0 spiro atoms. The number of amides is 1. The van der Waals surface area contributed by atoms with E-state index < -0.39 is 0 Å². The van der Waals surface area contributed by atoms with Crippen LogP contribution in [-0.4, -0.2) is 72.6 Å². The highest BCUT2D eigenvalue weighted by atomic mass is 16.6. The fraction of sp³-hybridized carbons (Fsp3) is 0.370. The maximum atomic E-state index is 12.5. The van der Waals surface area contributed by atoms with Crippen molar-refractivity contribution in [3.05, 3.63) is 64.7 Å². The van der Waals surface area contributed by atoms with Crippen molar-refractivity contribution in [3.63, 3.8) is 0 Å². The molecule has 1 unspecified atom stereocenters. The zero-order chi connectivity index (χ0) is 25.2. The number of rotatable bonds is 6. The van der Waals surface area contributed by atoms with Gasteiger partial charge in [-0.15, -0.1) is 0 Å². The Hall–Kier alpha value is -4.05. The molecule has 37 heavy (non-hydrogen) atoms. The summed E-state index contributed by atoms with van der Waals surface area (Å²) in [7, 11) is 0. The van der Waals surface area contributed by atoms with Gasteiger partial charge in [0.05, 0.1) is 25.1 Å². The molecule has 0 saturated carbocycles. The Morgan fingerprint density at radius 3 is 2.76 bits per heavy atom. The van der Waals surface area contributed by atoms with Crippen LogP contribution in [0.5, 0.6) is 23.0 Å². The third-order valence-corrected chi connectivity index (χ3v) is 6.68. The molecule has 0 bridgehead atoms. The van der Waals surface area contributed by atoms with Crippen LogP contribution in [0.2, 0.25) is 0 Å². The molecule has 1 fully saturated rings. The van der Waals surface area contributed by atoms with Crippen LogP contribution >= 0.6 is 0 Å². The van der Waals surface area contributed by atoms with E-state index in [4.69, 9.17) is 23.7 Å². The number of carbonyl (C=O) groups is 1. The maximum Gasteiger partial charge on any atom is 0.348 e. The lowest BCUT2D eigenvalue weighted by molar-refractivity contribution is -0.137. The van der Waals surface area contributed by atoms with E-state index in [1.807, 2.05) is 42.5 Å². The maximum absolute atomic E-state index is 12.5. The lowest BCUT2D eigenvalue weighted by Gasteiger charge is -2.28. The standard InChI is InChI=1S/C27H27N3O7/c31-25(29-9-11-33-12-10-29)17-34-19-5-6-21-18(13-19)7-8-30-26(21)24(14-28-27(30)32)36-16-20-15-35-22-3-1-2-4-23(22)37-20/h1-6,13-14,20H,7-12,15-17H2. The molecule has 10 heteroatoms. The molecule has 192 valence electrons. The lowest BCUT2D eigenvalue weighted by Crippen LogP contribution is -2.42. The van der Waals surface area contributed by atoms with Crippen molar-refractivity contribution in [1.29, 1.82) is 0 Å². The molecule has 1 aromatic heterocycles. The van der Waals surface area contributed by atoms with Crippen LogP contribution in [0, 0.1) is 0 Å². The first kappa shape index (κ1) is 23.4. The SMILES string of the molecule is O=C(COc1ccc2c(c1)CCn1c-2c(OCC2COc3ccccc3O2)cnc1=O)N1CCOCC1. The normalized spacial score (nSPS) is 17.9. The summed E-state index contributed by atoms with van der Waals surface area (Å²) < 4.78 is 30.7. The third-order valence-electron chi connectivity index (χ3n) is 6.68. The number of para-hydroxylation sites is 2. The monoisotopic (exact) mass is 505 g/mol. The molecule has 3 aliphatic heterocycles. The summed E-state index contributed by atoms with van der Waals surface area (Å²) in [6, 6.07) is 13.1. The number of hydrogen-bond acceptors (Lipinski definition) is 8. The van der Waals surface area contributed by atoms with Gasteiger partial charge in [0.2, 0.25) is 0 Å². The van der Waals surface area contributed by atoms with Crippen molar-refractivity contribution < 1.29 is 28.5 Å². The van der Waals surface area contributed by atoms with Gasteiger partial charge in [-0.2, -0.15) is 4.98 Å². The minimum Gasteiger partial charge on any atom is -0.486 e. The van der Waals surface area contributed by atoms with Gasteiger partial charge >= 0.3 is 5.69 Å². The summed E-state index contributed by atoms with van der Waals surface area (Å²) in [5.41, 5.74) is 2.24. The zero-order valence-electron chi connectivity index (χ0n) is 20.3. The predicted molar refractivity (Wildman–Crippen MR) is 132 cm³/mol. The Balaban J connectivity index is 1.18. The summed E-state index contributed by atoms with van der Waals surface area (Å²) in [6.45, 7) is 3.31. The van der Waals surface area contributed by atoms with Crippen LogP contribution in [-0.2, 0) is 22.5 Å². The third kappa shape index (κ3) is 4.84. The second kappa shape index (κ2) is 10.1. The predicted octanol–water partition coefficient (Wildman–Crippen LogP) is 1.92. The highest BCUT2D eigenvalue weighted by Gasteiger charge is 2.26. The van der Waals surface area contributed by atoms with Gasteiger partial charge in [0.25, 0.3) is 5.91 Å². The fourth-order valence-corrected chi connectivity index (χ4v) is 4.77. The van der Waals surface area contributed by atoms with Crippen molar-refractivity contribution in [3.8, 4) is 34.3 Å². The number of nitrogens with zero attached hydrogens (tertiary/aromatic N) is 3. The number of aromatic nitrogens is 2. The Morgan fingerprint density at radius 1 is 1.05 bits per heavy atom. The highest BCUT2D eigenvalue weighted by Crippen LogP contribution is 2.37. The van der Waals surface area contributed by atoms with Crippen molar-refractivity contribution >= 4 is 5.91 Å². The van der Waals surface area contributed by atoms with Crippen molar-refractivity contribution in [2.45, 2.75) is 19.1 Å². The van der Waals surface area contributed by atoms with E-state index in [1.54, 1.807) is 9.47 Å². The molecule has 0 N–H and O–H groups in total. The molecular formula is C27H27N3O7. The van der Waals surface area contributed by atoms with Gasteiger partial charge < -0.3 is 28.6 Å². The van der Waals surface area contributed by atoms with E-state index in [-0.39, 0.29) is 30.9 Å². The van der Waals surface area contributed by atoms with Crippen LogP contribution in [0.1, 0.15) is 5.56 Å². The van der Waals surface area contributed by atoms with Crippen molar-refractivity contribution in [2.75, 3.05) is 46.1 Å². The van der Waals surface area contributed by atoms with Gasteiger partial charge in [-0.05, 0) is 42.3 Å². The molecular weight excluding hydrogens is 478 g/mol. The second-order valence-corrected chi connectivity index (χ2v) is 9.06. The first-order valence-corrected chi connectivity index (χ1v) is 12.4. The zero-order valence-corrected chi connectivity index (χ0v) is 20.3. The Labute approximate surface area is 213 Å². The fourth-order valence-electron chi connectivity index (χ4n) is 4.77. The number of aryl methyl sites for hydroxylation is 1. The van der Waals surface area contributed by atoms with Crippen molar-refractivity contribution in [1.82, 2.24) is 14.5 Å². The van der Waals surface area contributed by atoms with Crippen LogP contribution in [0.25, 0.3) is 11.3 Å².